The molecule has 1 N–H and O–H groups in total. The number of hydrogen-bond donors (Lipinski definition) is 1. The minimum Gasteiger partial charge on any atom is -0.308 e. The van der Waals surface area contributed by atoms with E-state index < -0.39 is 0 Å². The minimum absolute atomic E-state index is 0.535. The molecule has 3 fully saturated rings. The Morgan fingerprint density at radius 1 is 0.917 bits per heavy atom. The molecule has 0 radical (unpaired) electrons. The number of piperidine rings is 3. The van der Waals surface area contributed by atoms with Gasteiger partial charge in [-0.15, -0.1) is 0 Å². The third-order valence-electron chi connectivity index (χ3n) is 5.98. The fourth-order valence-corrected chi connectivity index (χ4v) is 4.69. The maximum absolute atomic E-state index is 3.95. The molecule has 24 heavy (non-hydrogen) atoms. The quantitative estimate of drug-likeness (QED) is 0.889. The van der Waals surface area contributed by atoms with E-state index in [1.165, 1.54) is 42.6 Å². The van der Waals surface area contributed by atoms with Crippen molar-refractivity contribution < 1.29 is 0 Å². The number of fused-ring (bicyclic) bond motifs is 3. The number of aryl methyl sites for hydroxylation is 1. The molecule has 5 rings (SSSR count). The molecule has 2 aromatic rings. The Hall–Kier alpha value is -1.64. The van der Waals surface area contributed by atoms with Crippen molar-refractivity contribution in [3.63, 3.8) is 0 Å². The van der Waals surface area contributed by atoms with E-state index in [2.05, 4.69) is 71.7 Å². The topological polar surface area (TPSA) is 15.3 Å². The average molecular weight is 320 g/mol. The molecule has 0 amide bonds. The Bertz CT molecular complexity index is 659. The van der Waals surface area contributed by atoms with Crippen LogP contribution in [-0.4, -0.2) is 24.0 Å². The monoisotopic (exact) mass is 320 g/mol. The Balaban J connectivity index is 1.55. The maximum Gasteiger partial charge on any atom is 0.0504 e. The summed E-state index contributed by atoms with van der Waals surface area (Å²) >= 11 is 0. The van der Waals surface area contributed by atoms with Crippen molar-refractivity contribution in [2.75, 3.05) is 13.1 Å². The van der Waals surface area contributed by atoms with Gasteiger partial charge >= 0.3 is 0 Å². The van der Waals surface area contributed by atoms with E-state index in [0.717, 1.165) is 18.9 Å². The van der Waals surface area contributed by atoms with Crippen molar-refractivity contribution in [1.29, 1.82) is 0 Å². The van der Waals surface area contributed by atoms with Crippen molar-refractivity contribution in [3.8, 4) is 0 Å². The molecule has 3 heterocycles. The predicted molar refractivity (Wildman–Crippen MR) is 99.9 cm³/mol. The van der Waals surface area contributed by atoms with Crippen molar-refractivity contribution in [1.82, 2.24) is 10.2 Å². The first-order chi connectivity index (χ1) is 11.9. The van der Waals surface area contributed by atoms with Gasteiger partial charge in [0.25, 0.3) is 0 Å². The SMILES string of the molecule is CCc1ccccc1CNC1C2CCN(CC2)C1c1ccccc1. The molecule has 126 valence electrons. The van der Waals surface area contributed by atoms with Crippen LogP contribution in [0.25, 0.3) is 0 Å². The maximum atomic E-state index is 3.95. The highest BCUT2D eigenvalue weighted by Crippen LogP contribution is 2.40. The van der Waals surface area contributed by atoms with Crippen LogP contribution in [0.4, 0.5) is 0 Å². The molecular formula is C22H28N2. The lowest BCUT2D eigenvalue weighted by Crippen LogP contribution is -2.57. The molecule has 0 spiro atoms. The largest absolute Gasteiger partial charge is 0.308 e. The van der Waals surface area contributed by atoms with Crippen LogP contribution in [0, 0.1) is 5.92 Å². The van der Waals surface area contributed by atoms with Gasteiger partial charge in [-0.25, -0.2) is 0 Å². The third kappa shape index (κ3) is 3.01. The van der Waals surface area contributed by atoms with Gasteiger partial charge in [-0.1, -0.05) is 61.5 Å². The zero-order chi connectivity index (χ0) is 16.4. The number of nitrogens with zero attached hydrogens (tertiary/aromatic N) is 1. The summed E-state index contributed by atoms with van der Waals surface area (Å²) in [6.07, 6.45) is 3.80. The third-order valence-corrected chi connectivity index (χ3v) is 5.98. The molecule has 0 saturated carbocycles. The summed E-state index contributed by atoms with van der Waals surface area (Å²) in [6.45, 7) is 5.75. The lowest BCUT2D eigenvalue weighted by molar-refractivity contribution is 0.0112. The van der Waals surface area contributed by atoms with Crippen LogP contribution in [0.5, 0.6) is 0 Å². The van der Waals surface area contributed by atoms with Gasteiger partial charge in [-0.05, 0) is 55.0 Å². The van der Waals surface area contributed by atoms with Crippen molar-refractivity contribution in [2.45, 2.75) is 44.8 Å². The van der Waals surface area contributed by atoms with Crippen LogP contribution in [0.3, 0.4) is 0 Å². The Kier molecular flexibility index (Phi) is 4.68. The fraction of sp³-hybridized carbons (Fsp3) is 0.455. The predicted octanol–water partition coefficient (Wildman–Crippen LogP) is 4.17. The van der Waals surface area contributed by atoms with Crippen LogP contribution in [-0.2, 0) is 13.0 Å². The van der Waals surface area contributed by atoms with E-state index in [-0.39, 0.29) is 0 Å². The molecule has 2 unspecified atom stereocenters. The molecule has 2 bridgehead atoms. The second-order valence-corrected chi connectivity index (χ2v) is 7.26. The normalized spacial score (nSPS) is 28.9. The van der Waals surface area contributed by atoms with Gasteiger partial charge in [0.15, 0.2) is 0 Å². The minimum atomic E-state index is 0.535. The van der Waals surface area contributed by atoms with Gasteiger partial charge in [0, 0.05) is 12.6 Å². The van der Waals surface area contributed by atoms with E-state index in [4.69, 9.17) is 0 Å². The Labute approximate surface area is 145 Å². The van der Waals surface area contributed by atoms with Gasteiger partial charge in [0.05, 0.1) is 6.04 Å². The van der Waals surface area contributed by atoms with Gasteiger partial charge < -0.3 is 5.32 Å². The second kappa shape index (κ2) is 7.08. The zero-order valence-corrected chi connectivity index (χ0v) is 14.6. The molecular weight excluding hydrogens is 292 g/mol. The van der Waals surface area contributed by atoms with Crippen LogP contribution in [0.2, 0.25) is 0 Å². The van der Waals surface area contributed by atoms with E-state index in [1.54, 1.807) is 0 Å². The lowest BCUT2D eigenvalue weighted by Gasteiger charge is -2.51. The summed E-state index contributed by atoms with van der Waals surface area (Å²) in [6, 6.07) is 21.1. The smallest absolute Gasteiger partial charge is 0.0504 e. The average Bonchev–Trinajstić information content (AvgIpc) is 2.67. The lowest BCUT2D eigenvalue weighted by atomic mass is 9.76. The summed E-state index contributed by atoms with van der Waals surface area (Å²) < 4.78 is 0. The van der Waals surface area contributed by atoms with Gasteiger partial charge in [0.2, 0.25) is 0 Å². The highest BCUT2D eigenvalue weighted by atomic mass is 15.2. The number of rotatable bonds is 5. The van der Waals surface area contributed by atoms with E-state index in [0.29, 0.717) is 12.1 Å². The second-order valence-electron chi connectivity index (χ2n) is 7.26. The van der Waals surface area contributed by atoms with E-state index in [1.807, 2.05) is 0 Å². The number of nitrogens with one attached hydrogen (secondary N) is 1. The molecule has 0 aliphatic carbocycles. The first-order valence-electron chi connectivity index (χ1n) is 9.46. The molecule has 3 aliphatic rings. The van der Waals surface area contributed by atoms with Crippen molar-refractivity contribution in [3.05, 3.63) is 71.3 Å². The molecule has 2 aromatic carbocycles. The van der Waals surface area contributed by atoms with E-state index in [9.17, 15) is 0 Å². The zero-order valence-electron chi connectivity index (χ0n) is 14.6. The molecule has 2 heteroatoms. The Morgan fingerprint density at radius 2 is 1.58 bits per heavy atom. The first kappa shape index (κ1) is 15.9. The van der Waals surface area contributed by atoms with Gasteiger partial charge in [-0.3, -0.25) is 4.90 Å². The number of benzene rings is 2. The van der Waals surface area contributed by atoms with Crippen molar-refractivity contribution >= 4 is 0 Å². The van der Waals surface area contributed by atoms with Crippen LogP contribution < -0.4 is 5.32 Å². The van der Waals surface area contributed by atoms with Gasteiger partial charge in [-0.2, -0.15) is 0 Å². The van der Waals surface area contributed by atoms with Crippen LogP contribution in [0.15, 0.2) is 54.6 Å². The number of hydrogen-bond acceptors (Lipinski definition) is 2. The standard InChI is InChI=1S/C22H28N2/c1-2-17-8-6-7-11-20(17)16-23-21-18-12-14-24(15-13-18)22(21)19-9-4-3-5-10-19/h3-11,18,21-23H,2,12-16H2,1H3. The van der Waals surface area contributed by atoms with Crippen LogP contribution in [0.1, 0.15) is 42.5 Å². The molecule has 2 nitrogen and oxygen atoms in total. The summed E-state index contributed by atoms with van der Waals surface area (Å²) in [5.74, 6) is 0.814. The highest BCUT2D eigenvalue weighted by molar-refractivity contribution is 5.28. The first-order valence-corrected chi connectivity index (χ1v) is 9.46. The highest BCUT2D eigenvalue weighted by Gasteiger charge is 2.42. The Morgan fingerprint density at radius 3 is 2.29 bits per heavy atom. The summed E-state index contributed by atoms with van der Waals surface area (Å²) in [7, 11) is 0. The van der Waals surface area contributed by atoms with E-state index >= 15 is 0 Å². The molecule has 0 aromatic heterocycles. The fourth-order valence-electron chi connectivity index (χ4n) is 4.69. The summed E-state index contributed by atoms with van der Waals surface area (Å²) in [5.41, 5.74) is 4.41. The molecule has 3 aliphatic heterocycles. The molecule has 2 atom stereocenters. The van der Waals surface area contributed by atoms with Crippen LogP contribution >= 0.6 is 0 Å². The molecule has 3 saturated heterocycles. The summed E-state index contributed by atoms with van der Waals surface area (Å²) in [5, 5.41) is 3.95. The summed E-state index contributed by atoms with van der Waals surface area (Å²) in [4.78, 5) is 2.69. The van der Waals surface area contributed by atoms with Gasteiger partial charge in [0.1, 0.15) is 0 Å². The van der Waals surface area contributed by atoms with Crippen molar-refractivity contribution in [2.24, 2.45) is 5.92 Å².